The maximum atomic E-state index is 14.5. The Labute approximate surface area is 204 Å². The molecule has 0 bridgehead atoms. The summed E-state index contributed by atoms with van der Waals surface area (Å²) in [6.07, 6.45) is -0.0902. The first-order chi connectivity index (χ1) is 16.7. The quantitative estimate of drug-likeness (QED) is 0.276. The normalized spacial score (nSPS) is 20.1. The molecule has 2 aromatic rings. The van der Waals surface area contributed by atoms with Crippen LogP contribution in [0.1, 0.15) is 70.8 Å². The molecule has 1 aliphatic rings. The summed E-state index contributed by atoms with van der Waals surface area (Å²) in [4.78, 5) is 0. The standard InChI is InChI=1S/C27H34F4O4/c1-4-6-20-9-11-21(12-10-20)22-13-15-23(16-14-22)35-27(30,31)17-32-24-7-5-8-25(33-18(2)28)26(24)34-19(3)29/h5,7-8,13-16,18-21H,4,6,9-12,17H2,1-3H3. The molecule has 2 aromatic carbocycles. The molecular weight excluding hydrogens is 464 g/mol. The lowest BCUT2D eigenvalue weighted by molar-refractivity contribution is -0.195. The molecule has 2 unspecified atom stereocenters. The van der Waals surface area contributed by atoms with Gasteiger partial charge in [0.1, 0.15) is 5.75 Å². The lowest BCUT2D eigenvalue weighted by Crippen LogP contribution is -2.32. The van der Waals surface area contributed by atoms with Crippen LogP contribution in [0.3, 0.4) is 0 Å². The zero-order valence-electron chi connectivity index (χ0n) is 20.4. The van der Waals surface area contributed by atoms with Crippen LogP contribution in [0, 0.1) is 5.92 Å². The Bertz CT molecular complexity index is 910. The van der Waals surface area contributed by atoms with E-state index >= 15 is 0 Å². The van der Waals surface area contributed by atoms with Crippen molar-refractivity contribution in [2.45, 2.75) is 84.0 Å². The fraction of sp³-hybridized carbons (Fsp3) is 0.556. The first kappa shape index (κ1) is 27.0. The Hall–Kier alpha value is -2.64. The van der Waals surface area contributed by atoms with Crippen LogP contribution < -0.4 is 18.9 Å². The van der Waals surface area contributed by atoms with Gasteiger partial charge >= 0.3 is 6.11 Å². The van der Waals surface area contributed by atoms with Crippen molar-refractivity contribution >= 4 is 0 Å². The number of hydrogen-bond acceptors (Lipinski definition) is 4. The topological polar surface area (TPSA) is 36.9 Å². The predicted octanol–water partition coefficient (Wildman–Crippen LogP) is 8.20. The Kier molecular flexibility index (Phi) is 9.52. The second kappa shape index (κ2) is 12.4. The van der Waals surface area contributed by atoms with E-state index in [1.165, 1.54) is 56.0 Å². The molecule has 0 radical (unpaired) electrons. The van der Waals surface area contributed by atoms with Gasteiger partial charge in [0.05, 0.1) is 0 Å². The number of alkyl halides is 4. The summed E-state index contributed by atoms with van der Waals surface area (Å²) >= 11 is 0. The molecule has 0 aliphatic heterocycles. The van der Waals surface area contributed by atoms with Crippen LogP contribution in [0.25, 0.3) is 0 Å². The van der Waals surface area contributed by atoms with Crippen molar-refractivity contribution in [2.75, 3.05) is 6.61 Å². The fourth-order valence-corrected chi connectivity index (χ4v) is 4.52. The maximum absolute atomic E-state index is 14.5. The highest BCUT2D eigenvalue weighted by molar-refractivity contribution is 5.51. The number of halogens is 4. The molecule has 194 valence electrons. The minimum atomic E-state index is -3.68. The van der Waals surface area contributed by atoms with Crippen molar-refractivity contribution in [3.05, 3.63) is 48.0 Å². The van der Waals surface area contributed by atoms with E-state index in [0.29, 0.717) is 5.92 Å². The summed E-state index contributed by atoms with van der Waals surface area (Å²) in [5.41, 5.74) is 1.13. The van der Waals surface area contributed by atoms with Gasteiger partial charge in [0, 0.05) is 13.8 Å². The number of hydrogen-bond donors (Lipinski definition) is 0. The summed E-state index contributed by atoms with van der Waals surface area (Å²) in [7, 11) is 0. The van der Waals surface area contributed by atoms with E-state index < -0.39 is 25.4 Å². The van der Waals surface area contributed by atoms with Gasteiger partial charge in [0.2, 0.25) is 18.5 Å². The highest BCUT2D eigenvalue weighted by atomic mass is 19.3. The molecule has 0 heterocycles. The number of benzene rings is 2. The van der Waals surface area contributed by atoms with Gasteiger partial charge in [-0.05, 0) is 67.3 Å². The number of para-hydroxylation sites is 1. The molecule has 3 rings (SSSR count). The molecular formula is C27H34F4O4. The Morgan fingerprint density at radius 2 is 1.51 bits per heavy atom. The molecule has 0 saturated heterocycles. The molecule has 0 aromatic heterocycles. The van der Waals surface area contributed by atoms with Crippen LogP contribution in [0.4, 0.5) is 17.6 Å². The molecule has 0 N–H and O–H groups in total. The maximum Gasteiger partial charge on any atom is 0.433 e. The number of ether oxygens (including phenoxy) is 4. The van der Waals surface area contributed by atoms with Crippen LogP contribution in [0.15, 0.2) is 42.5 Å². The Morgan fingerprint density at radius 3 is 2.11 bits per heavy atom. The van der Waals surface area contributed by atoms with Crippen LogP contribution in [0.2, 0.25) is 0 Å². The molecule has 2 atom stereocenters. The highest BCUT2D eigenvalue weighted by Gasteiger charge is 2.34. The largest absolute Gasteiger partial charge is 0.479 e. The lowest BCUT2D eigenvalue weighted by atomic mass is 9.77. The average molecular weight is 499 g/mol. The van der Waals surface area contributed by atoms with E-state index in [1.54, 1.807) is 0 Å². The van der Waals surface area contributed by atoms with Crippen molar-refractivity contribution in [3.63, 3.8) is 0 Å². The first-order valence-electron chi connectivity index (χ1n) is 12.2. The average Bonchev–Trinajstić information content (AvgIpc) is 2.80. The van der Waals surface area contributed by atoms with E-state index in [4.69, 9.17) is 18.9 Å². The van der Waals surface area contributed by atoms with Crippen LogP contribution in [-0.4, -0.2) is 25.4 Å². The van der Waals surface area contributed by atoms with Crippen molar-refractivity contribution in [3.8, 4) is 23.0 Å². The second-order valence-electron chi connectivity index (χ2n) is 9.01. The first-order valence-corrected chi connectivity index (χ1v) is 12.2. The van der Waals surface area contributed by atoms with Gasteiger partial charge in [0.25, 0.3) is 0 Å². The smallest absolute Gasteiger partial charge is 0.433 e. The van der Waals surface area contributed by atoms with Gasteiger partial charge in [-0.1, -0.05) is 38.0 Å². The lowest BCUT2D eigenvalue weighted by Gasteiger charge is -2.28. The van der Waals surface area contributed by atoms with Crippen molar-refractivity contribution in [1.29, 1.82) is 0 Å². The van der Waals surface area contributed by atoms with Gasteiger partial charge in [-0.15, -0.1) is 0 Å². The van der Waals surface area contributed by atoms with Crippen molar-refractivity contribution in [1.82, 2.24) is 0 Å². The Balaban J connectivity index is 1.60. The van der Waals surface area contributed by atoms with Gasteiger partial charge < -0.3 is 18.9 Å². The molecule has 1 aliphatic carbocycles. The molecule has 4 nitrogen and oxygen atoms in total. The molecule has 1 fully saturated rings. The summed E-state index contributed by atoms with van der Waals surface area (Å²) in [5.74, 6) is 0.568. The third-order valence-electron chi connectivity index (χ3n) is 6.07. The Morgan fingerprint density at radius 1 is 0.886 bits per heavy atom. The van der Waals surface area contributed by atoms with Gasteiger partial charge in [-0.25, -0.2) is 8.78 Å². The zero-order valence-corrected chi connectivity index (χ0v) is 20.4. The van der Waals surface area contributed by atoms with Gasteiger partial charge in [0.15, 0.2) is 18.1 Å². The zero-order chi connectivity index (χ0) is 25.4. The molecule has 0 spiro atoms. The van der Waals surface area contributed by atoms with Crippen LogP contribution >= 0.6 is 0 Å². The van der Waals surface area contributed by atoms with E-state index in [9.17, 15) is 17.6 Å². The predicted molar refractivity (Wildman–Crippen MR) is 126 cm³/mol. The van der Waals surface area contributed by atoms with E-state index in [2.05, 4.69) is 6.92 Å². The van der Waals surface area contributed by atoms with Gasteiger partial charge in [-0.3, -0.25) is 0 Å². The van der Waals surface area contributed by atoms with Gasteiger partial charge in [-0.2, -0.15) is 8.78 Å². The number of rotatable bonds is 12. The molecule has 0 amide bonds. The minimum absolute atomic E-state index is 0.0132. The molecule has 35 heavy (non-hydrogen) atoms. The second-order valence-corrected chi connectivity index (χ2v) is 9.01. The van der Waals surface area contributed by atoms with Crippen molar-refractivity contribution in [2.24, 2.45) is 5.92 Å². The summed E-state index contributed by atoms with van der Waals surface area (Å²) in [5, 5.41) is 0. The molecule has 8 heteroatoms. The third kappa shape index (κ3) is 8.22. The SMILES string of the molecule is CCCC1CCC(c2ccc(OC(F)(F)COc3cccc(OC(C)F)c3OC(C)F)cc2)CC1. The molecule has 1 saturated carbocycles. The van der Waals surface area contributed by atoms with E-state index in [0.717, 1.165) is 38.2 Å². The van der Waals surface area contributed by atoms with E-state index in [-0.39, 0.29) is 23.0 Å². The summed E-state index contributed by atoms with van der Waals surface area (Å²) in [6, 6.07) is 10.8. The van der Waals surface area contributed by atoms with Crippen molar-refractivity contribution < 1.29 is 36.5 Å². The van der Waals surface area contributed by atoms with Crippen LogP contribution in [0.5, 0.6) is 23.0 Å². The van der Waals surface area contributed by atoms with Crippen LogP contribution in [-0.2, 0) is 0 Å². The monoisotopic (exact) mass is 498 g/mol. The van der Waals surface area contributed by atoms with E-state index in [1.807, 2.05) is 12.1 Å². The minimum Gasteiger partial charge on any atom is -0.479 e. The third-order valence-corrected chi connectivity index (χ3v) is 6.07. The summed E-state index contributed by atoms with van der Waals surface area (Å²) < 4.78 is 75.8. The fourth-order valence-electron chi connectivity index (χ4n) is 4.52. The summed E-state index contributed by atoms with van der Waals surface area (Å²) in [6.45, 7) is 3.27. The highest BCUT2D eigenvalue weighted by Crippen LogP contribution is 2.40.